The van der Waals surface area contributed by atoms with Crippen molar-refractivity contribution >= 4 is 23.9 Å². The van der Waals surface area contributed by atoms with Gasteiger partial charge < -0.3 is 23.7 Å². The van der Waals surface area contributed by atoms with Gasteiger partial charge in [-0.05, 0) is 56.8 Å². The van der Waals surface area contributed by atoms with Crippen molar-refractivity contribution in [3.05, 3.63) is 23.3 Å². The number of cyclic esters (lactones) is 1. The summed E-state index contributed by atoms with van der Waals surface area (Å²) in [4.78, 5) is 49.2. The maximum Gasteiger partial charge on any atom is 0.333 e. The van der Waals surface area contributed by atoms with Crippen LogP contribution in [0.25, 0.3) is 0 Å². The zero-order chi connectivity index (χ0) is 27.9. The Morgan fingerprint density at radius 1 is 1.21 bits per heavy atom. The summed E-state index contributed by atoms with van der Waals surface area (Å²) in [6.45, 7) is 11.2. The predicted molar refractivity (Wildman–Crippen MR) is 136 cm³/mol. The first-order valence-electron chi connectivity index (χ1n) is 13.5. The van der Waals surface area contributed by atoms with E-state index in [2.05, 4.69) is 13.8 Å². The van der Waals surface area contributed by atoms with Crippen LogP contribution in [-0.4, -0.2) is 61.5 Å². The van der Waals surface area contributed by atoms with Gasteiger partial charge in [0.25, 0.3) is 0 Å². The summed E-state index contributed by atoms with van der Waals surface area (Å²) in [5.74, 6) is -1.69. The van der Waals surface area contributed by atoms with Crippen molar-refractivity contribution in [2.45, 2.75) is 91.5 Å². The third kappa shape index (κ3) is 4.90. The quantitative estimate of drug-likeness (QED) is 0.199. The molecule has 7 unspecified atom stereocenters. The minimum Gasteiger partial charge on any atom is -0.465 e. The monoisotopic (exact) mass is 532 g/mol. The maximum absolute atomic E-state index is 12.9. The molecule has 0 amide bonds. The Morgan fingerprint density at radius 2 is 1.92 bits per heavy atom. The second-order valence-corrected chi connectivity index (χ2v) is 11.7. The Bertz CT molecular complexity index is 1050. The highest BCUT2D eigenvalue weighted by Crippen LogP contribution is 2.69. The lowest BCUT2D eigenvalue weighted by molar-refractivity contribution is -0.232. The van der Waals surface area contributed by atoms with Gasteiger partial charge in [0, 0.05) is 31.1 Å². The van der Waals surface area contributed by atoms with Crippen LogP contribution >= 0.6 is 0 Å². The lowest BCUT2D eigenvalue weighted by atomic mass is 9.42. The number of rotatable bonds is 8. The number of esters is 4. The van der Waals surface area contributed by atoms with Gasteiger partial charge in [-0.3, -0.25) is 9.59 Å². The fraction of sp³-hybridized carbons (Fsp3) is 0.724. The van der Waals surface area contributed by atoms with Gasteiger partial charge >= 0.3 is 23.9 Å². The van der Waals surface area contributed by atoms with Crippen molar-refractivity contribution in [1.29, 1.82) is 0 Å². The van der Waals surface area contributed by atoms with Crippen LogP contribution in [0.2, 0.25) is 0 Å². The molecule has 0 radical (unpaired) electrons. The third-order valence-corrected chi connectivity index (χ3v) is 9.65. The Hall–Kier alpha value is -2.68. The van der Waals surface area contributed by atoms with E-state index in [1.54, 1.807) is 19.9 Å². The first-order chi connectivity index (χ1) is 17.9. The Kier molecular flexibility index (Phi) is 7.81. The lowest BCUT2D eigenvalue weighted by Crippen LogP contribution is -2.67. The largest absolute Gasteiger partial charge is 0.465 e. The van der Waals surface area contributed by atoms with Gasteiger partial charge in [0.05, 0.1) is 12.0 Å². The second kappa shape index (κ2) is 10.5. The van der Waals surface area contributed by atoms with Crippen molar-refractivity contribution in [2.24, 2.45) is 22.7 Å². The van der Waals surface area contributed by atoms with Gasteiger partial charge in [-0.1, -0.05) is 26.3 Å². The molecule has 9 nitrogen and oxygen atoms in total. The molecule has 9 heteroatoms. The average molecular weight is 533 g/mol. The molecule has 1 spiro atoms. The van der Waals surface area contributed by atoms with E-state index in [1.165, 1.54) is 19.9 Å². The number of hydrogen-bond donors (Lipinski definition) is 0. The first-order valence-corrected chi connectivity index (χ1v) is 13.5. The standard InChI is InChI=1S/C29H40O9/c1-7-17(2)26(33)38-22(21-12-25(32)34-14-21)13-27(6)18(3)11-24(37-20(5)31)29(16-35-19(4)30)23(27)9-8-10-28(29)15-36-28/h7,12,18,22-24H,8-11,13-16H2,1-6H3. The summed E-state index contributed by atoms with van der Waals surface area (Å²) in [6.07, 6.45) is 5.44. The molecule has 0 bridgehead atoms. The normalized spacial score (nSPS) is 37.0. The molecular weight excluding hydrogens is 492 g/mol. The van der Waals surface area contributed by atoms with Gasteiger partial charge in [0.1, 0.15) is 31.0 Å². The molecule has 0 N–H and O–H groups in total. The smallest absolute Gasteiger partial charge is 0.333 e. The van der Waals surface area contributed by atoms with Gasteiger partial charge in [-0.15, -0.1) is 0 Å². The van der Waals surface area contributed by atoms with Crippen molar-refractivity contribution in [2.75, 3.05) is 19.8 Å². The van der Waals surface area contributed by atoms with Crippen LogP contribution in [0.3, 0.4) is 0 Å². The van der Waals surface area contributed by atoms with Gasteiger partial charge in [0.2, 0.25) is 0 Å². The zero-order valence-electron chi connectivity index (χ0n) is 23.3. The molecule has 38 heavy (non-hydrogen) atoms. The van der Waals surface area contributed by atoms with E-state index < -0.39 is 46.5 Å². The van der Waals surface area contributed by atoms with Crippen molar-refractivity contribution < 1.29 is 42.9 Å². The van der Waals surface area contributed by atoms with E-state index in [-0.39, 0.29) is 31.0 Å². The van der Waals surface area contributed by atoms with Gasteiger partial charge in [0.15, 0.2) is 0 Å². The van der Waals surface area contributed by atoms with Crippen LogP contribution in [0.4, 0.5) is 0 Å². The number of carbonyl (C=O) groups is 4. The molecule has 7 atom stereocenters. The maximum atomic E-state index is 12.9. The Balaban J connectivity index is 1.78. The molecule has 4 aliphatic rings. The molecule has 1 saturated heterocycles. The van der Waals surface area contributed by atoms with Crippen molar-refractivity contribution in [1.82, 2.24) is 0 Å². The molecule has 4 rings (SSSR count). The summed E-state index contributed by atoms with van der Waals surface area (Å²) in [7, 11) is 0. The van der Waals surface area contributed by atoms with E-state index in [4.69, 9.17) is 23.7 Å². The molecule has 3 fully saturated rings. The summed E-state index contributed by atoms with van der Waals surface area (Å²) in [5.41, 5.74) is -0.621. The molecule has 2 saturated carbocycles. The third-order valence-electron chi connectivity index (χ3n) is 9.65. The van der Waals surface area contributed by atoms with Crippen LogP contribution in [0, 0.1) is 22.7 Å². The van der Waals surface area contributed by atoms with Crippen LogP contribution in [0.1, 0.15) is 73.6 Å². The predicted octanol–water partition coefficient (Wildman–Crippen LogP) is 3.83. The van der Waals surface area contributed by atoms with E-state index in [1.807, 2.05) is 0 Å². The van der Waals surface area contributed by atoms with E-state index >= 15 is 0 Å². The van der Waals surface area contributed by atoms with Crippen LogP contribution < -0.4 is 0 Å². The van der Waals surface area contributed by atoms with Crippen molar-refractivity contribution in [3.8, 4) is 0 Å². The summed E-state index contributed by atoms with van der Waals surface area (Å²) in [6, 6.07) is 0. The summed E-state index contributed by atoms with van der Waals surface area (Å²) >= 11 is 0. The van der Waals surface area contributed by atoms with E-state index in [0.29, 0.717) is 30.6 Å². The number of epoxide rings is 1. The fourth-order valence-corrected chi connectivity index (χ4v) is 7.29. The number of carbonyl (C=O) groups excluding carboxylic acids is 4. The highest BCUT2D eigenvalue weighted by molar-refractivity contribution is 5.88. The number of hydrogen-bond acceptors (Lipinski definition) is 9. The second-order valence-electron chi connectivity index (χ2n) is 11.7. The molecule has 2 aliphatic heterocycles. The van der Waals surface area contributed by atoms with E-state index in [9.17, 15) is 19.2 Å². The summed E-state index contributed by atoms with van der Waals surface area (Å²) < 4.78 is 29.1. The minimum absolute atomic E-state index is 0.0545. The molecule has 0 aromatic heterocycles. The highest BCUT2D eigenvalue weighted by atomic mass is 16.6. The molecule has 210 valence electrons. The number of ether oxygens (including phenoxy) is 5. The topological polar surface area (TPSA) is 118 Å². The Labute approximate surface area is 224 Å². The number of fused-ring (bicyclic) bond motifs is 2. The molecular formula is C29H40O9. The highest BCUT2D eigenvalue weighted by Gasteiger charge is 2.75. The SMILES string of the molecule is CC=C(C)C(=O)OC(CC1(C)C(C)CC(OC(C)=O)C2(COC(C)=O)C1CCCC21CO1)C1=CC(=O)OC1. The van der Waals surface area contributed by atoms with Gasteiger partial charge in [-0.25, -0.2) is 9.59 Å². The van der Waals surface area contributed by atoms with Crippen LogP contribution in [-0.2, 0) is 42.9 Å². The van der Waals surface area contributed by atoms with Crippen molar-refractivity contribution in [3.63, 3.8) is 0 Å². The fourth-order valence-electron chi connectivity index (χ4n) is 7.29. The average Bonchev–Trinajstić information content (AvgIpc) is 3.50. The molecule has 0 aromatic carbocycles. The van der Waals surface area contributed by atoms with Crippen LogP contribution in [0.5, 0.6) is 0 Å². The van der Waals surface area contributed by atoms with Gasteiger partial charge in [-0.2, -0.15) is 0 Å². The molecule has 0 aromatic rings. The number of allylic oxidation sites excluding steroid dienone is 1. The summed E-state index contributed by atoms with van der Waals surface area (Å²) in [5, 5.41) is 0. The first kappa shape index (κ1) is 28.3. The minimum atomic E-state index is -0.742. The Morgan fingerprint density at radius 3 is 2.47 bits per heavy atom. The zero-order valence-corrected chi connectivity index (χ0v) is 23.3. The lowest BCUT2D eigenvalue weighted by Gasteiger charge is -2.63. The van der Waals surface area contributed by atoms with E-state index in [0.717, 1.165) is 19.3 Å². The molecule has 2 heterocycles. The molecule has 2 aliphatic carbocycles. The van der Waals surface area contributed by atoms with Crippen LogP contribution in [0.15, 0.2) is 23.3 Å².